The van der Waals surface area contributed by atoms with Crippen molar-refractivity contribution in [1.82, 2.24) is 0 Å². The van der Waals surface area contributed by atoms with Crippen LogP contribution < -0.4 is 4.74 Å². The molecule has 0 radical (unpaired) electrons. The lowest BCUT2D eigenvalue weighted by Gasteiger charge is -2.09. The molecule has 2 heterocycles. The van der Waals surface area contributed by atoms with E-state index >= 15 is 0 Å². The van der Waals surface area contributed by atoms with Gasteiger partial charge in [0.05, 0.1) is 12.0 Å². The van der Waals surface area contributed by atoms with E-state index in [2.05, 4.69) is 42.5 Å². The fourth-order valence-corrected chi connectivity index (χ4v) is 4.06. The third-order valence-corrected chi connectivity index (χ3v) is 5.50. The quantitative estimate of drug-likeness (QED) is 0.594. The molecule has 1 nitrogen and oxygen atoms in total. The van der Waals surface area contributed by atoms with Crippen LogP contribution in [0.3, 0.4) is 0 Å². The molecule has 100 valence electrons. The van der Waals surface area contributed by atoms with Crippen molar-refractivity contribution in [3.05, 3.63) is 64.5 Å². The van der Waals surface area contributed by atoms with Crippen molar-refractivity contribution in [3.63, 3.8) is 0 Å². The predicted molar refractivity (Wildman–Crippen MR) is 85.2 cm³/mol. The molecule has 4 rings (SSSR count). The Kier molecular flexibility index (Phi) is 2.94. The molecule has 0 saturated heterocycles. The third-order valence-electron chi connectivity index (χ3n) is 3.70. The molecule has 3 aromatic rings. The van der Waals surface area contributed by atoms with Gasteiger partial charge in [0.2, 0.25) is 0 Å². The van der Waals surface area contributed by atoms with Gasteiger partial charge >= 0.3 is 0 Å². The van der Waals surface area contributed by atoms with Gasteiger partial charge < -0.3 is 4.74 Å². The normalized spacial score (nSPS) is 15.1. The Morgan fingerprint density at radius 2 is 2.00 bits per heavy atom. The minimum Gasteiger partial charge on any atom is -0.493 e. The van der Waals surface area contributed by atoms with Crippen LogP contribution in [0.4, 0.5) is 0 Å². The van der Waals surface area contributed by atoms with E-state index in [1.807, 2.05) is 6.07 Å². The van der Waals surface area contributed by atoms with E-state index in [4.69, 9.17) is 16.3 Å². The van der Waals surface area contributed by atoms with Crippen molar-refractivity contribution in [2.24, 2.45) is 0 Å². The first-order valence-corrected chi connectivity index (χ1v) is 7.95. The number of hydrogen-bond donors (Lipinski definition) is 0. The Morgan fingerprint density at radius 3 is 2.90 bits per heavy atom. The molecule has 1 unspecified atom stereocenters. The molecule has 20 heavy (non-hydrogen) atoms. The van der Waals surface area contributed by atoms with Gasteiger partial charge in [0.15, 0.2) is 0 Å². The highest BCUT2D eigenvalue weighted by atomic mass is 35.5. The number of benzene rings is 2. The standard InChI is InChI=1S/C17H13ClOS/c18-17(13-5-6-14-11(9-13)7-8-19-14)16-10-12-3-1-2-4-15(12)20-16/h1-6,9-10,17H,7-8H2. The van der Waals surface area contributed by atoms with Gasteiger partial charge in [-0.1, -0.05) is 30.3 Å². The second-order valence-corrected chi connectivity index (χ2v) is 6.57. The first-order valence-electron chi connectivity index (χ1n) is 6.69. The summed E-state index contributed by atoms with van der Waals surface area (Å²) in [4.78, 5) is 1.20. The molecule has 0 spiro atoms. The minimum absolute atomic E-state index is 0.0849. The lowest BCUT2D eigenvalue weighted by Crippen LogP contribution is -1.91. The summed E-state index contributed by atoms with van der Waals surface area (Å²) in [5.41, 5.74) is 2.43. The van der Waals surface area contributed by atoms with Crippen LogP contribution in [0.1, 0.15) is 21.4 Å². The van der Waals surface area contributed by atoms with Crippen molar-refractivity contribution in [2.45, 2.75) is 11.8 Å². The highest BCUT2D eigenvalue weighted by Gasteiger charge is 2.18. The summed E-state index contributed by atoms with van der Waals surface area (Å²) in [5, 5.41) is 1.18. The van der Waals surface area contributed by atoms with E-state index in [9.17, 15) is 0 Å². The summed E-state index contributed by atoms with van der Waals surface area (Å²) in [5.74, 6) is 1.01. The monoisotopic (exact) mass is 300 g/mol. The summed E-state index contributed by atoms with van der Waals surface area (Å²) in [6, 6.07) is 16.9. The zero-order valence-electron chi connectivity index (χ0n) is 10.8. The van der Waals surface area contributed by atoms with Gasteiger partial charge in [-0.15, -0.1) is 22.9 Å². The number of fused-ring (bicyclic) bond motifs is 2. The first kappa shape index (κ1) is 12.2. The average Bonchev–Trinajstić information content (AvgIpc) is 3.11. The van der Waals surface area contributed by atoms with Crippen LogP contribution in [0.25, 0.3) is 10.1 Å². The molecule has 1 aromatic heterocycles. The highest BCUT2D eigenvalue weighted by molar-refractivity contribution is 7.19. The Labute approximate surface area is 126 Å². The van der Waals surface area contributed by atoms with Gasteiger partial charge in [0.25, 0.3) is 0 Å². The van der Waals surface area contributed by atoms with Crippen molar-refractivity contribution < 1.29 is 4.74 Å². The second-order valence-electron chi connectivity index (χ2n) is 5.01. The maximum atomic E-state index is 6.67. The van der Waals surface area contributed by atoms with E-state index in [0.29, 0.717) is 0 Å². The van der Waals surface area contributed by atoms with E-state index in [1.165, 1.54) is 20.5 Å². The van der Waals surface area contributed by atoms with Crippen molar-refractivity contribution in [1.29, 1.82) is 0 Å². The molecule has 1 aliphatic heterocycles. The molecule has 0 amide bonds. The summed E-state index contributed by atoms with van der Waals surface area (Å²) >= 11 is 8.44. The lowest BCUT2D eigenvalue weighted by atomic mass is 10.0. The largest absolute Gasteiger partial charge is 0.493 e. The van der Waals surface area contributed by atoms with E-state index in [1.54, 1.807) is 11.3 Å². The molecule has 0 fully saturated rings. The fourth-order valence-electron chi connectivity index (χ4n) is 2.66. The fraction of sp³-hybridized carbons (Fsp3) is 0.176. The smallest absolute Gasteiger partial charge is 0.122 e. The van der Waals surface area contributed by atoms with Crippen LogP contribution in [0.5, 0.6) is 5.75 Å². The van der Waals surface area contributed by atoms with Crippen LogP contribution in [0.15, 0.2) is 48.5 Å². The number of halogens is 1. The number of rotatable bonds is 2. The van der Waals surface area contributed by atoms with Crippen LogP contribution in [0.2, 0.25) is 0 Å². The predicted octanol–water partition coefficient (Wildman–Crippen LogP) is 5.16. The van der Waals surface area contributed by atoms with Gasteiger partial charge in [-0.05, 0) is 34.7 Å². The van der Waals surface area contributed by atoms with Crippen LogP contribution in [-0.2, 0) is 6.42 Å². The zero-order chi connectivity index (χ0) is 13.5. The van der Waals surface area contributed by atoms with Crippen molar-refractivity contribution >= 4 is 33.0 Å². The van der Waals surface area contributed by atoms with Gasteiger partial charge in [0, 0.05) is 16.0 Å². The molecule has 2 aromatic carbocycles. The maximum absolute atomic E-state index is 6.67. The van der Waals surface area contributed by atoms with Gasteiger partial charge in [-0.3, -0.25) is 0 Å². The minimum atomic E-state index is -0.0849. The Hall–Kier alpha value is -1.51. The first-order chi connectivity index (χ1) is 9.81. The van der Waals surface area contributed by atoms with Gasteiger partial charge in [-0.25, -0.2) is 0 Å². The third kappa shape index (κ3) is 2.00. The van der Waals surface area contributed by atoms with Crippen LogP contribution >= 0.6 is 22.9 Å². The van der Waals surface area contributed by atoms with Crippen molar-refractivity contribution in [2.75, 3.05) is 6.61 Å². The van der Waals surface area contributed by atoms with Crippen LogP contribution in [-0.4, -0.2) is 6.61 Å². The molecular formula is C17H13ClOS. The average molecular weight is 301 g/mol. The summed E-state index contributed by atoms with van der Waals surface area (Å²) < 4.78 is 6.84. The van der Waals surface area contributed by atoms with Gasteiger partial charge in [0.1, 0.15) is 5.75 Å². The number of thiophene rings is 1. The van der Waals surface area contributed by atoms with Crippen molar-refractivity contribution in [3.8, 4) is 5.75 Å². The van der Waals surface area contributed by atoms with Crippen LogP contribution in [0, 0.1) is 0 Å². The second kappa shape index (κ2) is 4.80. The molecule has 0 aliphatic carbocycles. The molecule has 0 N–H and O–H groups in total. The Morgan fingerprint density at radius 1 is 1.10 bits per heavy atom. The molecule has 0 saturated carbocycles. The maximum Gasteiger partial charge on any atom is 0.122 e. The summed E-state index contributed by atoms with van der Waals surface area (Å²) in [7, 11) is 0. The Balaban J connectivity index is 1.74. The topological polar surface area (TPSA) is 9.23 Å². The molecule has 3 heteroatoms. The summed E-state index contributed by atoms with van der Waals surface area (Å²) in [6.45, 7) is 0.786. The molecule has 0 bridgehead atoms. The molecule has 1 atom stereocenters. The number of alkyl halides is 1. The number of hydrogen-bond acceptors (Lipinski definition) is 2. The molecular weight excluding hydrogens is 288 g/mol. The number of ether oxygens (including phenoxy) is 1. The van der Waals surface area contributed by atoms with E-state index in [0.717, 1.165) is 24.3 Å². The zero-order valence-corrected chi connectivity index (χ0v) is 12.4. The SMILES string of the molecule is ClC(c1ccc2c(c1)CCO2)c1cc2ccccc2s1. The summed E-state index contributed by atoms with van der Waals surface area (Å²) in [6.07, 6.45) is 0.985. The van der Waals surface area contributed by atoms with E-state index < -0.39 is 0 Å². The lowest BCUT2D eigenvalue weighted by molar-refractivity contribution is 0.357. The Bertz CT molecular complexity index is 745. The highest BCUT2D eigenvalue weighted by Crippen LogP contribution is 2.38. The van der Waals surface area contributed by atoms with Gasteiger partial charge in [-0.2, -0.15) is 0 Å². The molecule has 1 aliphatic rings. The van der Waals surface area contributed by atoms with E-state index in [-0.39, 0.29) is 5.38 Å².